The lowest BCUT2D eigenvalue weighted by Crippen LogP contribution is -2.42. The van der Waals surface area contributed by atoms with Crippen LogP contribution in [0.3, 0.4) is 0 Å². The number of fused-ring (bicyclic) bond motifs is 1. The number of imidazole rings is 1. The molecule has 1 aromatic carbocycles. The second-order valence-electron chi connectivity index (χ2n) is 5.53. The Bertz CT molecular complexity index is 650. The maximum Gasteiger partial charge on any atom is 0.220 e. The summed E-state index contributed by atoms with van der Waals surface area (Å²) in [4.78, 5) is 19.0. The zero-order chi connectivity index (χ0) is 16.2. The summed E-state index contributed by atoms with van der Waals surface area (Å²) in [5.41, 5.74) is 0.0732. The summed E-state index contributed by atoms with van der Waals surface area (Å²) in [6, 6.07) is 4.72. The van der Waals surface area contributed by atoms with E-state index in [-0.39, 0.29) is 24.7 Å². The molecule has 2 aromatic rings. The Morgan fingerprint density at radius 3 is 2.77 bits per heavy atom. The van der Waals surface area contributed by atoms with Crippen molar-refractivity contribution in [1.29, 1.82) is 0 Å². The molecule has 0 radical (unpaired) electrons. The van der Waals surface area contributed by atoms with Crippen molar-refractivity contribution < 1.29 is 14.3 Å². The number of hydrogen-bond donors (Lipinski definition) is 3. The van der Waals surface area contributed by atoms with Crippen LogP contribution in [0.25, 0.3) is 11.0 Å². The van der Waals surface area contributed by atoms with Crippen molar-refractivity contribution in [2.45, 2.75) is 45.1 Å². The van der Waals surface area contributed by atoms with Gasteiger partial charge in [0.05, 0.1) is 11.1 Å². The predicted molar refractivity (Wildman–Crippen MR) is 82.9 cm³/mol. The third kappa shape index (κ3) is 3.82. The third-order valence-electron chi connectivity index (χ3n) is 4.03. The number of aromatic amines is 1. The van der Waals surface area contributed by atoms with Crippen molar-refractivity contribution in [3.05, 3.63) is 29.8 Å². The summed E-state index contributed by atoms with van der Waals surface area (Å²) >= 11 is 0. The van der Waals surface area contributed by atoms with E-state index in [0.717, 1.165) is 0 Å². The highest BCUT2D eigenvalue weighted by atomic mass is 19.1. The van der Waals surface area contributed by atoms with Gasteiger partial charge in [0, 0.05) is 19.4 Å². The molecule has 0 fully saturated rings. The first kappa shape index (κ1) is 16.4. The number of nitrogens with one attached hydrogen (secondary N) is 2. The quantitative estimate of drug-likeness (QED) is 0.734. The highest BCUT2D eigenvalue weighted by molar-refractivity contribution is 5.77. The van der Waals surface area contributed by atoms with Crippen molar-refractivity contribution in [3.8, 4) is 0 Å². The SMILES string of the molecule is CCC(O)(CC)CNC(=O)CCc1nc2c(F)cccc2[nH]1. The van der Waals surface area contributed by atoms with Gasteiger partial charge in [0.15, 0.2) is 5.82 Å². The van der Waals surface area contributed by atoms with Crippen LogP contribution in [0.5, 0.6) is 0 Å². The summed E-state index contributed by atoms with van der Waals surface area (Å²) in [5, 5.41) is 12.8. The molecule has 5 nitrogen and oxygen atoms in total. The standard InChI is InChI=1S/C16H22FN3O2/c1-3-16(22,4-2)10-18-14(21)9-8-13-19-12-7-5-6-11(17)15(12)20-13/h5-7,22H,3-4,8-10H2,1-2H3,(H,18,21)(H,19,20). The van der Waals surface area contributed by atoms with Gasteiger partial charge in [0.2, 0.25) is 5.91 Å². The van der Waals surface area contributed by atoms with E-state index < -0.39 is 5.60 Å². The maximum absolute atomic E-state index is 13.5. The summed E-state index contributed by atoms with van der Waals surface area (Å²) in [6.45, 7) is 4.02. The second-order valence-corrected chi connectivity index (χ2v) is 5.53. The van der Waals surface area contributed by atoms with Crippen LogP contribution in [0.4, 0.5) is 4.39 Å². The molecule has 120 valence electrons. The van der Waals surface area contributed by atoms with Crippen LogP contribution in [-0.2, 0) is 11.2 Å². The highest BCUT2D eigenvalue weighted by Crippen LogP contribution is 2.16. The van der Waals surface area contributed by atoms with Gasteiger partial charge in [-0.2, -0.15) is 0 Å². The maximum atomic E-state index is 13.5. The third-order valence-corrected chi connectivity index (χ3v) is 4.03. The van der Waals surface area contributed by atoms with Gasteiger partial charge < -0.3 is 15.4 Å². The Balaban J connectivity index is 1.89. The fraction of sp³-hybridized carbons (Fsp3) is 0.500. The Hall–Kier alpha value is -1.95. The Morgan fingerprint density at radius 1 is 1.41 bits per heavy atom. The van der Waals surface area contributed by atoms with Gasteiger partial charge in [0.1, 0.15) is 11.3 Å². The van der Waals surface area contributed by atoms with Crippen LogP contribution in [0.1, 0.15) is 38.9 Å². The molecule has 3 N–H and O–H groups in total. The van der Waals surface area contributed by atoms with E-state index in [9.17, 15) is 14.3 Å². The fourth-order valence-corrected chi connectivity index (χ4v) is 2.25. The minimum absolute atomic E-state index is 0.152. The number of aliphatic hydroxyl groups is 1. The lowest BCUT2D eigenvalue weighted by Gasteiger charge is -2.25. The van der Waals surface area contributed by atoms with Crippen LogP contribution in [0.2, 0.25) is 0 Å². The first-order chi connectivity index (χ1) is 10.5. The number of nitrogens with zero attached hydrogens (tertiary/aromatic N) is 1. The van der Waals surface area contributed by atoms with Crippen LogP contribution >= 0.6 is 0 Å². The summed E-state index contributed by atoms with van der Waals surface area (Å²) in [6.07, 6.45) is 1.82. The van der Waals surface area contributed by atoms with E-state index in [4.69, 9.17) is 0 Å². The Kier molecular flexibility index (Phi) is 5.13. The van der Waals surface area contributed by atoms with Crippen LogP contribution in [0.15, 0.2) is 18.2 Å². The van der Waals surface area contributed by atoms with Crippen molar-refractivity contribution in [2.24, 2.45) is 0 Å². The van der Waals surface area contributed by atoms with Crippen LogP contribution in [0, 0.1) is 5.82 Å². The number of carbonyl (C=O) groups is 1. The zero-order valence-corrected chi connectivity index (χ0v) is 12.9. The van der Waals surface area contributed by atoms with Gasteiger partial charge in [-0.3, -0.25) is 4.79 Å². The van der Waals surface area contributed by atoms with Gasteiger partial charge in [-0.05, 0) is 25.0 Å². The molecule has 1 amide bonds. The number of aryl methyl sites for hydroxylation is 1. The van der Waals surface area contributed by atoms with E-state index in [2.05, 4.69) is 15.3 Å². The van der Waals surface area contributed by atoms with Crippen LogP contribution < -0.4 is 5.32 Å². The first-order valence-electron chi connectivity index (χ1n) is 7.59. The molecule has 0 aliphatic carbocycles. The molecule has 0 unspecified atom stereocenters. The summed E-state index contributed by atoms with van der Waals surface area (Å²) in [7, 11) is 0. The molecule has 0 saturated heterocycles. The lowest BCUT2D eigenvalue weighted by atomic mass is 9.97. The molecular weight excluding hydrogens is 285 g/mol. The molecule has 1 heterocycles. The fourth-order valence-electron chi connectivity index (χ4n) is 2.25. The summed E-state index contributed by atoms with van der Waals surface area (Å²) in [5.74, 6) is 0.0538. The summed E-state index contributed by atoms with van der Waals surface area (Å²) < 4.78 is 13.5. The van der Waals surface area contributed by atoms with E-state index in [1.165, 1.54) is 6.07 Å². The number of benzene rings is 1. The molecular formula is C16H22FN3O2. The minimum atomic E-state index is -0.849. The number of aromatic nitrogens is 2. The molecule has 22 heavy (non-hydrogen) atoms. The monoisotopic (exact) mass is 307 g/mol. The number of rotatable bonds is 7. The number of hydrogen-bond acceptors (Lipinski definition) is 3. The van der Waals surface area contributed by atoms with Crippen molar-refractivity contribution in [2.75, 3.05) is 6.54 Å². The number of carbonyl (C=O) groups excluding carboxylic acids is 1. The number of para-hydroxylation sites is 1. The average molecular weight is 307 g/mol. The molecule has 1 aromatic heterocycles. The number of amides is 1. The predicted octanol–water partition coefficient (Wildman–Crippen LogP) is 2.30. The molecule has 0 bridgehead atoms. The molecule has 0 saturated carbocycles. The van der Waals surface area contributed by atoms with Crippen LogP contribution in [-0.4, -0.2) is 33.1 Å². The van der Waals surface area contributed by atoms with Crippen molar-refractivity contribution in [3.63, 3.8) is 0 Å². The highest BCUT2D eigenvalue weighted by Gasteiger charge is 2.22. The van der Waals surface area contributed by atoms with E-state index >= 15 is 0 Å². The van der Waals surface area contributed by atoms with Gasteiger partial charge in [-0.25, -0.2) is 9.37 Å². The average Bonchev–Trinajstić information content (AvgIpc) is 2.95. The topological polar surface area (TPSA) is 78.0 Å². The van der Waals surface area contributed by atoms with E-state index in [0.29, 0.717) is 36.1 Å². The van der Waals surface area contributed by atoms with Gasteiger partial charge in [0.25, 0.3) is 0 Å². The van der Waals surface area contributed by atoms with E-state index in [1.807, 2.05) is 13.8 Å². The number of H-pyrrole nitrogens is 1. The van der Waals surface area contributed by atoms with Gasteiger partial charge in [-0.1, -0.05) is 19.9 Å². The lowest BCUT2D eigenvalue weighted by molar-refractivity contribution is -0.122. The molecule has 0 aliphatic rings. The van der Waals surface area contributed by atoms with Gasteiger partial charge in [-0.15, -0.1) is 0 Å². The van der Waals surface area contributed by atoms with Crippen molar-refractivity contribution in [1.82, 2.24) is 15.3 Å². The molecule has 2 rings (SSSR count). The number of halogens is 1. The molecule has 6 heteroatoms. The Morgan fingerprint density at radius 2 is 2.14 bits per heavy atom. The molecule has 0 atom stereocenters. The normalized spacial score (nSPS) is 11.8. The smallest absolute Gasteiger partial charge is 0.220 e. The zero-order valence-electron chi connectivity index (χ0n) is 12.9. The largest absolute Gasteiger partial charge is 0.388 e. The van der Waals surface area contributed by atoms with Gasteiger partial charge >= 0.3 is 0 Å². The molecule has 0 spiro atoms. The Labute approximate surface area is 128 Å². The molecule has 0 aliphatic heterocycles. The van der Waals surface area contributed by atoms with E-state index in [1.54, 1.807) is 12.1 Å². The minimum Gasteiger partial charge on any atom is -0.388 e. The van der Waals surface area contributed by atoms with Crippen molar-refractivity contribution >= 4 is 16.9 Å². The first-order valence-corrected chi connectivity index (χ1v) is 7.59. The second kappa shape index (κ2) is 6.87.